The Morgan fingerprint density at radius 1 is 1.55 bits per heavy atom. The van der Waals surface area contributed by atoms with E-state index in [1.165, 1.54) is 12.0 Å². The van der Waals surface area contributed by atoms with Crippen LogP contribution in [0.5, 0.6) is 0 Å². The molecule has 1 amide bonds. The summed E-state index contributed by atoms with van der Waals surface area (Å²) in [6, 6.07) is 0. The van der Waals surface area contributed by atoms with Gasteiger partial charge in [-0.3, -0.25) is 14.4 Å². The van der Waals surface area contributed by atoms with Crippen molar-refractivity contribution < 1.29 is 24.2 Å². The lowest BCUT2D eigenvalue weighted by Gasteiger charge is -2.31. The standard InChI is InChI=1S/C16H19NO5/c1-3-9-17-12-7-5-4-6-8-16(12,15(21)22-2)11(14(17)20)10-13(18)19/h1,7,11H,4-6,8-10H2,2H3,(H,18,19)/t11-,16-/m0/s1. The number of carboxylic acids is 1. The topological polar surface area (TPSA) is 83.9 Å². The monoisotopic (exact) mass is 305 g/mol. The van der Waals surface area contributed by atoms with Gasteiger partial charge in [0.05, 0.1) is 26.0 Å². The van der Waals surface area contributed by atoms with Crippen LogP contribution in [0.2, 0.25) is 0 Å². The van der Waals surface area contributed by atoms with Gasteiger partial charge in [0.2, 0.25) is 5.91 Å². The summed E-state index contributed by atoms with van der Waals surface area (Å²) in [5, 5.41) is 9.15. The second kappa shape index (κ2) is 6.22. The van der Waals surface area contributed by atoms with Crippen molar-refractivity contribution in [3.05, 3.63) is 11.8 Å². The molecule has 2 atom stereocenters. The number of methoxy groups -OCH3 is 1. The number of carboxylic acid groups (broad SMARTS) is 1. The Labute approximate surface area is 129 Å². The van der Waals surface area contributed by atoms with Crippen LogP contribution in [0.15, 0.2) is 11.8 Å². The van der Waals surface area contributed by atoms with E-state index in [1.54, 1.807) is 0 Å². The zero-order chi connectivity index (χ0) is 16.3. The van der Waals surface area contributed by atoms with Gasteiger partial charge in [0, 0.05) is 5.70 Å². The Balaban J connectivity index is 2.60. The summed E-state index contributed by atoms with van der Waals surface area (Å²) in [6.07, 6.45) is 9.47. The first-order valence-corrected chi connectivity index (χ1v) is 7.24. The molecule has 1 aliphatic heterocycles. The molecule has 6 heteroatoms. The van der Waals surface area contributed by atoms with Crippen molar-refractivity contribution in [3.8, 4) is 12.3 Å². The average Bonchev–Trinajstić information content (AvgIpc) is 2.65. The number of aliphatic carboxylic acids is 1. The maximum absolute atomic E-state index is 12.7. The average molecular weight is 305 g/mol. The Bertz CT molecular complexity index is 574. The molecular formula is C16H19NO5. The third-order valence-electron chi connectivity index (χ3n) is 4.45. The highest BCUT2D eigenvalue weighted by molar-refractivity contribution is 5.98. The molecule has 2 rings (SSSR count). The van der Waals surface area contributed by atoms with Crippen molar-refractivity contribution in [3.63, 3.8) is 0 Å². The molecule has 1 saturated heterocycles. The molecule has 0 radical (unpaired) electrons. The van der Waals surface area contributed by atoms with Crippen LogP contribution in [0, 0.1) is 23.7 Å². The van der Waals surface area contributed by atoms with Crippen LogP contribution in [0.25, 0.3) is 0 Å². The predicted octanol–water partition coefficient (Wildman–Crippen LogP) is 1.17. The van der Waals surface area contributed by atoms with Crippen molar-refractivity contribution in [1.29, 1.82) is 0 Å². The summed E-state index contributed by atoms with van der Waals surface area (Å²) in [4.78, 5) is 37.7. The van der Waals surface area contributed by atoms with E-state index < -0.39 is 35.6 Å². The molecule has 2 aliphatic rings. The maximum atomic E-state index is 12.7. The zero-order valence-corrected chi connectivity index (χ0v) is 12.5. The number of rotatable bonds is 4. The van der Waals surface area contributed by atoms with E-state index in [4.69, 9.17) is 16.3 Å². The molecule has 0 aromatic carbocycles. The highest BCUT2D eigenvalue weighted by Crippen LogP contribution is 2.52. The number of carbonyl (C=O) groups is 3. The van der Waals surface area contributed by atoms with Gasteiger partial charge < -0.3 is 14.7 Å². The lowest BCUT2D eigenvalue weighted by atomic mass is 9.71. The fraction of sp³-hybridized carbons (Fsp3) is 0.562. The number of ether oxygens (including phenoxy) is 1. The molecule has 6 nitrogen and oxygen atoms in total. The van der Waals surface area contributed by atoms with Gasteiger partial charge in [0.15, 0.2) is 0 Å². The summed E-state index contributed by atoms with van der Waals surface area (Å²) < 4.78 is 4.93. The molecule has 0 aromatic rings. The number of allylic oxidation sites excluding steroid dienone is 1. The number of hydrogen-bond donors (Lipinski definition) is 1. The Kier molecular flexibility index (Phi) is 4.55. The first-order valence-electron chi connectivity index (χ1n) is 7.24. The molecule has 0 spiro atoms. The number of terminal acetylenes is 1. The minimum atomic E-state index is -1.22. The van der Waals surface area contributed by atoms with E-state index in [-0.39, 0.29) is 6.54 Å². The molecule has 0 bridgehead atoms. The van der Waals surface area contributed by atoms with Crippen LogP contribution in [0.1, 0.15) is 32.1 Å². The quantitative estimate of drug-likeness (QED) is 0.622. The van der Waals surface area contributed by atoms with Gasteiger partial charge in [-0.2, -0.15) is 0 Å². The normalized spacial score (nSPS) is 27.5. The molecule has 0 aromatic heterocycles. The number of carbonyl (C=O) groups excluding carboxylic acids is 2. The molecule has 1 heterocycles. The first-order chi connectivity index (χ1) is 10.5. The highest BCUT2D eigenvalue weighted by Gasteiger charge is 2.61. The van der Waals surface area contributed by atoms with Gasteiger partial charge >= 0.3 is 11.9 Å². The van der Waals surface area contributed by atoms with Gasteiger partial charge in [0.25, 0.3) is 0 Å². The summed E-state index contributed by atoms with van der Waals surface area (Å²) in [7, 11) is 1.26. The molecule has 1 aliphatic carbocycles. The molecule has 1 N–H and O–H groups in total. The second-order valence-electron chi connectivity index (χ2n) is 5.58. The van der Waals surface area contributed by atoms with Crippen molar-refractivity contribution in [2.75, 3.05) is 13.7 Å². The smallest absolute Gasteiger partial charge is 0.318 e. The predicted molar refractivity (Wildman–Crippen MR) is 77.3 cm³/mol. The van der Waals surface area contributed by atoms with Crippen LogP contribution in [-0.2, 0) is 19.1 Å². The second-order valence-corrected chi connectivity index (χ2v) is 5.58. The largest absolute Gasteiger partial charge is 0.481 e. The molecule has 22 heavy (non-hydrogen) atoms. The van der Waals surface area contributed by atoms with Crippen LogP contribution < -0.4 is 0 Å². The van der Waals surface area contributed by atoms with Gasteiger partial charge in [0.1, 0.15) is 5.41 Å². The SMILES string of the molecule is C#CCN1C(=O)[C@H](CC(=O)O)[C@@]2(C(=O)OC)CCCCC=C12. The summed E-state index contributed by atoms with van der Waals surface area (Å²) in [6.45, 7) is 0.0273. The molecular weight excluding hydrogens is 286 g/mol. The highest BCUT2D eigenvalue weighted by atomic mass is 16.5. The van der Waals surface area contributed by atoms with Crippen LogP contribution in [0.4, 0.5) is 0 Å². The van der Waals surface area contributed by atoms with Gasteiger partial charge in [-0.15, -0.1) is 6.42 Å². The Hall–Kier alpha value is -2.29. The van der Waals surface area contributed by atoms with Crippen molar-refractivity contribution >= 4 is 17.8 Å². The third kappa shape index (κ3) is 2.37. The number of hydrogen-bond acceptors (Lipinski definition) is 4. The summed E-state index contributed by atoms with van der Waals surface area (Å²) in [5.41, 5.74) is -0.705. The molecule has 1 fully saturated rings. The van der Waals surface area contributed by atoms with Crippen LogP contribution in [0.3, 0.4) is 0 Å². The third-order valence-corrected chi connectivity index (χ3v) is 4.45. The fourth-order valence-corrected chi connectivity index (χ4v) is 3.54. The van der Waals surface area contributed by atoms with E-state index in [9.17, 15) is 14.4 Å². The van der Waals surface area contributed by atoms with E-state index in [1.807, 2.05) is 6.08 Å². The minimum Gasteiger partial charge on any atom is -0.481 e. The van der Waals surface area contributed by atoms with Crippen LogP contribution in [-0.4, -0.2) is 41.5 Å². The van der Waals surface area contributed by atoms with E-state index in [0.717, 1.165) is 19.3 Å². The van der Waals surface area contributed by atoms with Crippen molar-refractivity contribution in [2.45, 2.75) is 32.1 Å². The lowest BCUT2D eigenvalue weighted by molar-refractivity contribution is -0.156. The molecule has 0 saturated carbocycles. The van der Waals surface area contributed by atoms with E-state index in [0.29, 0.717) is 12.1 Å². The number of amides is 1. The van der Waals surface area contributed by atoms with E-state index >= 15 is 0 Å². The Morgan fingerprint density at radius 3 is 2.86 bits per heavy atom. The van der Waals surface area contributed by atoms with Crippen molar-refractivity contribution in [2.24, 2.45) is 11.3 Å². The maximum Gasteiger partial charge on any atom is 0.318 e. The Morgan fingerprint density at radius 2 is 2.27 bits per heavy atom. The van der Waals surface area contributed by atoms with Crippen LogP contribution >= 0.6 is 0 Å². The molecule has 118 valence electrons. The number of likely N-dealkylation sites (tertiary alicyclic amines) is 1. The zero-order valence-electron chi connectivity index (χ0n) is 12.5. The van der Waals surface area contributed by atoms with Gasteiger partial charge in [-0.1, -0.05) is 18.4 Å². The number of nitrogens with zero attached hydrogens (tertiary/aromatic N) is 1. The van der Waals surface area contributed by atoms with E-state index in [2.05, 4.69) is 5.92 Å². The lowest BCUT2D eigenvalue weighted by Crippen LogP contribution is -2.40. The summed E-state index contributed by atoms with van der Waals surface area (Å²) in [5.74, 6) is -0.634. The summed E-state index contributed by atoms with van der Waals surface area (Å²) >= 11 is 0. The van der Waals surface area contributed by atoms with Gasteiger partial charge in [-0.25, -0.2) is 0 Å². The fourth-order valence-electron chi connectivity index (χ4n) is 3.54. The minimum absolute atomic E-state index is 0.0273. The van der Waals surface area contributed by atoms with Crippen molar-refractivity contribution in [1.82, 2.24) is 4.90 Å². The molecule has 0 unspecified atom stereocenters. The number of fused-ring (bicyclic) bond motifs is 1. The first kappa shape index (κ1) is 16.1. The number of esters is 1. The van der Waals surface area contributed by atoms with Gasteiger partial charge in [-0.05, 0) is 19.3 Å².